The summed E-state index contributed by atoms with van der Waals surface area (Å²) < 4.78 is 0. The largest absolute Gasteiger partial charge is 0.481 e. The summed E-state index contributed by atoms with van der Waals surface area (Å²) in [5, 5.41) is 12.1. The fourth-order valence-electron chi connectivity index (χ4n) is 1.88. The Bertz CT molecular complexity index is 371. The minimum atomic E-state index is -0.735. The van der Waals surface area contributed by atoms with E-state index in [0.717, 1.165) is 12.1 Å². The number of aliphatic carboxylic acids is 1. The van der Waals surface area contributed by atoms with Crippen LogP contribution >= 0.6 is 0 Å². The predicted molar refractivity (Wildman–Crippen MR) is 74.9 cm³/mol. The van der Waals surface area contributed by atoms with Gasteiger partial charge in [-0.2, -0.15) is 0 Å². The Kier molecular flexibility index (Phi) is 5.69. The van der Waals surface area contributed by atoms with E-state index in [9.17, 15) is 4.79 Å². The summed E-state index contributed by atoms with van der Waals surface area (Å²) in [5.74, 6) is -0.401. The molecule has 0 heterocycles. The van der Waals surface area contributed by atoms with Crippen molar-refractivity contribution in [2.24, 2.45) is 11.8 Å². The van der Waals surface area contributed by atoms with Crippen molar-refractivity contribution in [2.75, 3.05) is 11.9 Å². The van der Waals surface area contributed by atoms with Crippen molar-refractivity contribution in [3.8, 4) is 0 Å². The second kappa shape index (κ2) is 7.04. The quantitative estimate of drug-likeness (QED) is 0.778. The fourth-order valence-corrected chi connectivity index (χ4v) is 1.88. The zero-order chi connectivity index (χ0) is 13.5. The molecular weight excluding hydrogens is 226 g/mol. The molecule has 0 saturated heterocycles. The molecule has 0 aliphatic carbocycles. The number of hydrogen-bond donors (Lipinski definition) is 2. The Morgan fingerprint density at radius 3 is 2.33 bits per heavy atom. The first-order valence-corrected chi connectivity index (χ1v) is 6.58. The monoisotopic (exact) mass is 249 g/mol. The molecule has 1 unspecified atom stereocenters. The highest BCUT2D eigenvalue weighted by atomic mass is 16.4. The summed E-state index contributed by atoms with van der Waals surface area (Å²) in [4.78, 5) is 10.9. The smallest absolute Gasteiger partial charge is 0.308 e. The molecule has 0 aliphatic heterocycles. The molecule has 0 amide bonds. The van der Waals surface area contributed by atoms with Gasteiger partial charge in [-0.3, -0.25) is 4.79 Å². The summed E-state index contributed by atoms with van der Waals surface area (Å²) in [5.41, 5.74) is 2.31. The van der Waals surface area contributed by atoms with Gasteiger partial charge in [0.2, 0.25) is 0 Å². The summed E-state index contributed by atoms with van der Waals surface area (Å²) in [7, 11) is 0. The topological polar surface area (TPSA) is 49.3 Å². The van der Waals surface area contributed by atoms with E-state index < -0.39 is 5.97 Å². The summed E-state index contributed by atoms with van der Waals surface area (Å²) >= 11 is 0. The summed E-state index contributed by atoms with van der Waals surface area (Å²) in [6.07, 6.45) is 1.72. The van der Waals surface area contributed by atoms with Crippen LogP contribution in [0.1, 0.15) is 32.8 Å². The molecule has 1 atom stereocenters. The van der Waals surface area contributed by atoms with Crippen LogP contribution in [0.5, 0.6) is 0 Å². The molecule has 0 radical (unpaired) electrons. The van der Waals surface area contributed by atoms with Gasteiger partial charge in [-0.05, 0) is 36.5 Å². The van der Waals surface area contributed by atoms with E-state index in [-0.39, 0.29) is 5.92 Å². The number of carboxylic acid groups (broad SMARTS) is 1. The molecule has 0 bridgehead atoms. The molecule has 3 heteroatoms. The Morgan fingerprint density at radius 2 is 1.89 bits per heavy atom. The average Bonchev–Trinajstić information content (AvgIpc) is 2.31. The molecule has 100 valence electrons. The lowest BCUT2D eigenvalue weighted by molar-refractivity contribution is -0.141. The third-order valence-electron chi connectivity index (χ3n) is 2.99. The maximum atomic E-state index is 10.9. The van der Waals surface area contributed by atoms with Gasteiger partial charge < -0.3 is 10.4 Å². The maximum absolute atomic E-state index is 10.9. The van der Waals surface area contributed by atoms with Gasteiger partial charge in [-0.25, -0.2) is 0 Å². The van der Waals surface area contributed by atoms with Crippen LogP contribution in [0.3, 0.4) is 0 Å². The SMILES string of the molecule is CCC(CNc1ccc(CC(C)C)cc1)C(=O)O. The minimum absolute atomic E-state index is 0.319. The number of rotatable bonds is 7. The van der Waals surface area contributed by atoms with Gasteiger partial charge in [-0.1, -0.05) is 32.9 Å². The van der Waals surface area contributed by atoms with Crippen molar-refractivity contribution in [3.05, 3.63) is 29.8 Å². The molecular formula is C15H23NO2. The first-order valence-electron chi connectivity index (χ1n) is 6.58. The molecule has 18 heavy (non-hydrogen) atoms. The number of anilines is 1. The van der Waals surface area contributed by atoms with Gasteiger partial charge in [0.25, 0.3) is 0 Å². The van der Waals surface area contributed by atoms with Crippen LogP contribution in [0.4, 0.5) is 5.69 Å². The standard InChI is InChI=1S/C15H23NO2/c1-4-13(15(17)18)10-16-14-7-5-12(6-8-14)9-11(2)3/h5-8,11,13,16H,4,9-10H2,1-3H3,(H,17,18). The van der Waals surface area contributed by atoms with Gasteiger partial charge in [0.05, 0.1) is 5.92 Å². The minimum Gasteiger partial charge on any atom is -0.481 e. The van der Waals surface area contributed by atoms with Crippen LogP contribution < -0.4 is 5.32 Å². The first kappa shape index (κ1) is 14.6. The lowest BCUT2D eigenvalue weighted by Crippen LogP contribution is -2.22. The highest BCUT2D eigenvalue weighted by Gasteiger charge is 2.14. The number of benzene rings is 1. The molecule has 1 aromatic carbocycles. The lowest BCUT2D eigenvalue weighted by Gasteiger charge is -2.12. The summed E-state index contributed by atoms with van der Waals surface area (Å²) in [6.45, 7) is 6.78. The zero-order valence-electron chi connectivity index (χ0n) is 11.4. The highest BCUT2D eigenvalue weighted by molar-refractivity contribution is 5.70. The molecule has 1 rings (SSSR count). The molecule has 3 nitrogen and oxygen atoms in total. The fraction of sp³-hybridized carbons (Fsp3) is 0.533. The number of carboxylic acids is 1. The van der Waals surface area contributed by atoms with Gasteiger partial charge >= 0.3 is 5.97 Å². The molecule has 2 N–H and O–H groups in total. The van der Waals surface area contributed by atoms with Crippen molar-refractivity contribution in [1.82, 2.24) is 0 Å². The average molecular weight is 249 g/mol. The predicted octanol–water partition coefficient (Wildman–Crippen LogP) is 3.41. The van der Waals surface area contributed by atoms with Crippen molar-refractivity contribution in [1.29, 1.82) is 0 Å². The third-order valence-corrected chi connectivity index (χ3v) is 2.99. The van der Waals surface area contributed by atoms with Gasteiger partial charge in [0.15, 0.2) is 0 Å². The van der Waals surface area contributed by atoms with Crippen LogP contribution in [0.2, 0.25) is 0 Å². The third kappa shape index (κ3) is 4.78. The van der Waals surface area contributed by atoms with Crippen LogP contribution in [0.25, 0.3) is 0 Å². The van der Waals surface area contributed by atoms with Gasteiger partial charge in [-0.15, -0.1) is 0 Å². The normalized spacial score (nSPS) is 12.4. The van der Waals surface area contributed by atoms with Crippen molar-refractivity contribution in [3.63, 3.8) is 0 Å². The van der Waals surface area contributed by atoms with E-state index in [4.69, 9.17) is 5.11 Å². The van der Waals surface area contributed by atoms with Gasteiger partial charge in [0, 0.05) is 12.2 Å². The van der Waals surface area contributed by atoms with E-state index in [1.54, 1.807) is 0 Å². The van der Waals surface area contributed by atoms with E-state index in [2.05, 4.69) is 31.3 Å². The lowest BCUT2D eigenvalue weighted by atomic mass is 10.0. The molecule has 0 aliphatic rings. The zero-order valence-corrected chi connectivity index (χ0v) is 11.4. The van der Waals surface area contributed by atoms with E-state index >= 15 is 0 Å². The van der Waals surface area contributed by atoms with E-state index in [1.165, 1.54) is 5.56 Å². The Hall–Kier alpha value is -1.51. The molecule has 1 aromatic rings. The van der Waals surface area contributed by atoms with E-state index in [0.29, 0.717) is 18.9 Å². The number of carbonyl (C=O) groups is 1. The Labute approximate surface area is 109 Å². The first-order chi connectivity index (χ1) is 8.52. The highest BCUT2D eigenvalue weighted by Crippen LogP contribution is 2.14. The number of nitrogens with one attached hydrogen (secondary N) is 1. The molecule has 0 saturated carbocycles. The van der Waals surface area contributed by atoms with Crippen LogP contribution in [-0.2, 0) is 11.2 Å². The second-order valence-electron chi connectivity index (χ2n) is 5.12. The van der Waals surface area contributed by atoms with Gasteiger partial charge in [0.1, 0.15) is 0 Å². The second-order valence-corrected chi connectivity index (χ2v) is 5.12. The van der Waals surface area contributed by atoms with Crippen LogP contribution in [-0.4, -0.2) is 17.6 Å². The maximum Gasteiger partial charge on any atom is 0.308 e. The van der Waals surface area contributed by atoms with Crippen LogP contribution in [0.15, 0.2) is 24.3 Å². The van der Waals surface area contributed by atoms with Crippen molar-refractivity contribution in [2.45, 2.75) is 33.6 Å². The summed E-state index contributed by atoms with van der Waals surface area (Å²) in [6, 6.07) is 8.24. The van der Waals surface area contributed by atoms with Crippen molar-refractivity contribution >= 4 is 11.7 Å². The Morgan fingerprint density at radius 1 is 1.28 bits per heavy atom. The van der Waals surface area contributed by atoms with Crippen molar-refractivity contribution < 1.29 is 9.90 Å². The number of hydrogen-bond acceptors (Lipinski definition) is 2. The van der Waals surface area contributed by atoms with E-state index in [1.807, 2.05) is 19.1 Å². The molecule has 0 spiro atoms. The molecule has 0 aromatic heterocycles. The molecule has 0 fully saturated rings. The van der Waals surface area contributed by atoms with Crippen LogP contribution in [0, 0.1) is 11.8 Å². The Balaban J connectivity index is 2.50.